The molecule has 3 nitrogen and oxygen atoms in total. The normalized spacial score (nSPS) is 11.8. The molecule has 0 aliphatic rings. The van der Waals surface area contributed by atoms with E-state index in [1.54, 1.807) is 0 Å². The van der Waals surface area contributed by atoms with Gasteiger partial charge < -0.3 is 4.74 Å². The molecule has 25 heavy (non-hydrogen) atoms. The summed E-state index contributed by atoms with van der Waals surface area (Å²) in [6, 6.07) is 6.86. The average molecular weight is 472 g/mol. The maximum atomic E-state index is 13.3. The molecule has 10 heteroatoms. The molecule has 130 valence electrons. The van der Waals surface area contributed by atoms with Crippen molar-refractivity contribution in [3.05, 3.63) is 55.6 Å². The lowest BCUT2D eigenvalue weighted by atomic mass is 10.2. The predicted molar refractivity (Wildman–Crippen MR) is 93.8 cm³/mol. The Morgan fingerprint density at radius 1 is 0.880 bits per heavy atom. The van der Waals surface area contributed by atoms with Crippen molar-refractivity contribution in [1.82, 2.24) is 9.97 Å². The Morgan fingerprint density at radius 2 is 1.48 bits per heavy atom. The molecule has 3 aromatic rings. The maximum absolute atomic E-state index is 13.3. The third-order valence-corrected chi connectivity index (χ3v) is 5.00. The minimum Gasteiger partial charge on any atom is -0.437 e. The summed E-state index contributed by atoms with van der Waals surface area (Å²) in [4.78, 5) is 7.48. The fraction of sp³-hybridized carbons (Fsp3) is 0.0667. The Bertz CT molecular complexity index is 982. The van der Waals surface area contributed by atoms with Gasteiger partial charge in [-0.1, -0.05) is 34.8 Å². The van der Waals surface area contributed by atoms with E-state index >= 15 is 0 Å². The van der Waals surface area contributed by atoms with Gasteiger partial charge >= 0.3 is 6.18 Å². The fourth-order valence-electron chi connectivity index (χ4n) is 1.94. The number of benzene rings is 2. The molecule has 0 N–H and O–H groups in total. The van der Waals surface area contributed by atoms with Crippen molar-refractivity contribution in [3.63, 3.8) is 0 Å². The molecule has 0 spiro atoms. The number of aromatic nitrogens is 2. The summed E-state index contributed by atoms with van der Waals surface area (Å²) in [6.07, 6.45) is -4.78. The molecule has 0 radical (unpaired) electrons. The highest BCUT2D eigenvalue weighted by molar-refractivity contribution is 9.10. The Hall–Kier alpha value is -1.28. The van der Waals surface area contributed by atoms with Gasteiger partial charge in [-0.05, 0) is 40.2 Å². The van der Waals surface area contributed by atoms with Gasteiger partial charge in [0.25, 0.3) is 5.88 Å². The summed E-state index contributed by atoms with van der Waals surface area (Å²) in [7, 11) is 0. The molecule has 0 atom stereocenters. The zero-order valence-corrected chi connectivity index (χ0v) is 15.7. The van der Waals surface area contributed by atoms with E-state index in [4.69, 9.17) is 39.5 Å². The van der Waals surface area contributed by atoms with Crippen LogP contribution >= 0.6 is 50.7 Å². The highest BCUT2D eigenvalue weighted by Gasteiger charge is 2.38. The number of alkyl halides is 3. The van der Waals surface area contributed by atoms with Gasteiger partial charge in [0.2, 0.25) is 5.69 Å². The lowest BCUT2D eigenvalue weighted by Crippen LogP contribution is -2.11. The standard InChI is InChI=1S/C15H5BrCl3F3N2O/c16-7-2-1-6(3-8(7)17)25-14-13(15(20,21)22)23-11-4-9(18)10(19)5-12(11)24-14/h1-5H. The number of hydrogen-bond donors (Lipinski definition) is 0. The zero-order chi connectivity index (χ0) is 18.4. The maximum Gasteiger partial charge on any atom is 0.438 e. The van der Waals surface area contributed by atoms with E-state index in [0.717, 1.165) is 0 Å². The fourth-order valence-corrected chi connectivity index (χ4v) is 2.68. The van der Waals surface area contributed by atoms with Crippen LogP contribution in [0.15, 0.2) is 34.8 Å². The summed E-state index contributed by atoms with van der Waals surface area (Å²) in [5.74, 6) is -0.635. The van der Waals surface area contributed by atoms with Gasteiger partial charge in [0, 0.05) is 10.5 Å². The number of nitrogens with zero attached hydrogens (tertiary/aromatic N) is 2. The van der Waals surface area contributed by atoms with Crippen LogP contribution in [-0.4, -0.2) is 9.97 Å². The second-order valence-corrected chi connectivity index (χ2v) is 6.88. The molecule has 3 rings (SSSR count). The quantitative estimate of drug-likeness (QED) is 0.397. The molecule has 0 saturated carbocycles. The van der Waals surface area contributed by atoms with Gasteiger partial charge in [-0.25, -0.2) is 9.97 Å². The molecule has 0 bridgehead atoms. The molecule has 0 amide bonds. The van der Waals surface area contributed by atoms with E-state index in [1.165, 1.54) is 30.3 Å². The highest BCUT2D eigenvalue weighted by Crippen LogP contribution is 2.38. The molecule has 0 unspecified atom stereocenters. The minimum absolute atomic E-state index is 0.0529. The lowest BCUT2D eigenvalue weighted by Gasteiger charge is -2.13. The smallest absolute Gasteiger partial charge is 0.437 e. The molecular formula is C15H5BrCl3F3N2O. The van der Waals surface area contributed by atoms with Crippen molar-refractivity contribution in [1.29, 1.82) is 0 Å². The molecule has 0 fully saturated rings. The Balaban J connectivity index is 2.17. The Labute approximate surface area is 162 Å². The number of rotatable bonds is 2. The first-order valence-corrected chi connectivity index (χ1v) is 8.45. The van der Waals surface area contributed by atoms with Crippen LogP contribution in [0.25, 0.3) is 11.0 Å². The third-order valence-electron chi connectivity index (χ3n) is 3.05. The molecular weight excluding hydrogens is 467 g/mol. The second-order valence-electron chi connectivity index (χ2n) is 4.81. The summed E-state index contributed by atoms with van der Waals surface area (Å²) >= 11 is 20.8. The van der Waals surface area contributed by atoms with E-state index in [2.05, 4.69) is 25.9 Å². The van der Waals surface area contributed by atoms with Gasteiger partial charge in [-0.3, -0.25) is 0 Å². The van der Waals surface area contributed by atoms with Gasteiger partial charge in [-0.2, -0.15) is 13.2 Å². The summed E-state index contributed by atoms with van der Waals surface area (Å²) in [5.41, 5.74) is -1.22. The minimum atomic E-state index is -4.78. The lowest BCUT2D eigenvalue weighted by molar-refractivity contribution is -0.142. The topological polar surface area (TPSA) is 35.0 Å². The number of hydrogen-bond acceptors (Lipinski definition) is 3. The largest absolute Gasteiger partial charge is 0.438 e. The molecule has 1 heterocycles. The first-order chi connectivity index (χ1) is 11.6. The van der Waals surface area contributed by atoms with Crippen LogP contribution in [0.4, 0.5) is 13.2 Å². The summed E-state index contributed by atoms with van der Waals surface area (Å²) < 4.78 is 45.8. The van der Waals surface area contributed by atoms with Crippen LogP contribution in [0.5, 0.6) is 11.6 Å². The first kappa shape index (κ1) is 18.5. The van der Waals surface area contributed by atoms with E-state index in [-0.39, 0.29) is 31.9 Å². The number of halogens is 7. The van der Waals surface area contributed by atoms with Gasteiger partial charge in [0.1, 0.15) is 5.75 Å². The van der Waals surface area contributed by atoms with Crippen LogP contribution in [0.2, 0.25) is 15.1 Å². The van der Waals surface area contributed by atoms with Crippen molar-refractivity contribution in [2.24, 2.45) is 0 Å². The summed E-state index contributed by atoms with van der Waals surface area (Å²) in [5, 5.41) is 0.487. The molecule has 1 aromatic heterocycles. The van der Waals surface area contributed by atoms with Crippen LogP contribution in [0, 0.1) is 0 Å². The highest BCUT2D eigenvalue weighted by atomic mass is 79.9. The second kappa shape index (κ2) is 6.79. The van der Waals surface area contributed by atoms with Crippen LogP contribution in [-0.2, 0) is 6.18 Å². The predicted octanol–water partition coefficient (Wildman–Crippen LogP) is 7.16. The van der Waals surface area contributed by atoms with Gasteiger partial charge in [-0.15, -0.1) is 0 Å². The van der Waals surface area contributed by atoms with Crippen LogP contribution in [0.1, 0.15) is 5.69 Å². The molecule has 0 aliphatic heterocycles. The molecule has 2 aromatic carbocycles. The molecule has 0 aliphatic carbocycles. The summed E-state index contributed by atoms with van der Waals surface area (Å²) in [6.45, 7) is 0. The van der Waals surface area contributed by atoms with E-state index in [1.807, 2.05) is 0 Å². The van der Waals surface area contributed by atoms with Crippen molar-refractivity contribution < 1.29 is 17.9 Å². The number of fused-ring (bicyclic) bond motifs is 1. The Kier molecular flexibility index (Phi) is 5.03. The van der Waals surface area contributed by atoms with Crippen LogP contribution < -0.4 is 4.74 Å². The average Bonchev–Trinajstić information content (AvgIpc) is 2.51. The van der Waals surface area contributed by atoms with Gasteiger partial charge in [0.15, 0.2) is 0 Å². The van der Waals surface area contributed by atoms with E-state index < -0.39 is 17.8 Å². The van der Waals surface area contributed by atoms with Crippen molar-refractivity contribution in [2.75, 3.05) is 0 Å². The van der Waals surface area contributed by atoms with E-state index in [0.29, 0.717) is 4.47 Å². The van der Waals surface area contributed by atoms with Crippen molar-refractivity contribution in [3.8, 4) is 11.6 Å². The first-order valence-electron chi connectivity index (χ1n) is 6.52. The van der Waals surface area contributed by atoms with Crippen molar-refractivity contribution >= 4 is 61.8 Å². The van der Waals surface area contributed by atoms with Crippen molar-refractivity contribution in [2.45, 2.75) is 6.18 Å². The monoisotopic (exact) mass is 470 g/mol. The SMILES string of the molecule is FC(F)(F)c1nc2cc(Cl)c(Cl)cc2nc1Oc1ccc(Br)c(Cl)c1. The van der Waals surface area contributed by atoms with E-state index in [9.17, 15) is 13.2 Å². The molecule has 0 saturated heterocycles. The number of ether oxygens (including phenoxy) is 1. The Morgan fingerprint density at radius 3 is 2.04 bits per heavy atom. The van der Waals surface area contributed by atoms with Gasteiger partial charge in [0.05, 0.1) is 26.1 Å². The third kappa shape index (κ3) is 3.95. The zero-order valence-electron chi connectivity index (χ0n) is 11.8. The van der Waals surface area contributed by atoms with Crippen LogP contribution in [0.3, 0.4) is 0 Å².